The number of halogens is 1. The summed E-state index contributed by atoms with van der Waals surface area (Å²) in [4.78, 5) is 11.2. The van der Waals surface area contributed by atoms with Gasteiger partial charge in [0, 0.05) is 0 Å². The van der Waals surface area contributed by atoms with E-state index in [1.54, 1.807) is 0 Å². The summed E-state index contributed by atoms with van der Waals surface area (Å²) >= 11 is 5.52. The lowest BCUT2D eigenvalue weighted by atomic mass is 10.1. The van der Waals surface area contributed by atoms with Crippen molar-refractivity contribution >= 4 is 16.8 Å². The van der Waals surface area contributed by atoms with E-state index in [2.05, 4.69) is 0 Å². The third kappa shape index (κ3) is 2.32. The first kappa shape index (κ1) is 10.5. The second-order valence-corrected chi connectivity index (χ2v) is 4.08. The summed E-state index contributed by atoms with van der Waals surface area (Å²) in [5, 5.41) is -0.444. The van der Waals surface area contributed by atoms with Crippen LogP contribution in [0.3, 0.4) is 0 Å². The van der Waals surface area contributed by atoms with Crippen LogP contribution in [0.25, 0.3) is 0 Å². The van der Waals surface area contributed by atoms with Crippen LogP contribution in [0, 0.1) is 0 Å². The highest BCUT2D eigenvalue weighted by Crippen LogP contribution is 2.41. The molecule has 0 radical (unpaired) electrons. The third-order valence-electron chi connectivity index (χ3n) is 2.56. The molecular weight excluding hydrogens is 212 g/mol. The Kier molecular flexibility index (Phi) is 2.96. The first-order chi connectivity index (χ1) is 7.22. The van der Waals surface area contributed by atoms with E-state index in [0.29, 0.717) is 23.8 Å². The van der Waals surface area contributed by atoms with Crippen LogP contribution in [-0.2, 0) is 0 Å². The summed E-state index contributed by atoms with van der Waals surface area (Å²) in [5.74, 6) is 1.21. The zero-order valence-corrected chi connectivity index (χ0v) is 9.38. The van der Waals surface area contributed by atoms with Gasteiger partial charge in [-0.15, -0.1) is 0 Å². The number of carbonyl (C=O) groups is 1. The Morgan fingerprint density at radius 2 is 2.27 bits per heavy atom. The Balaban J connectivity index is 2.34. The maximum absolute atomic E-state index is 11.2. The van der Waals surface area contributed by atoms with Gasteiger partial charge in [0.15, 0.2) is 0 Å². The van der Waals surface area contributed by atoms with Gasteiger partial charge in [-0.05, 0) is 55.0 Å². The molecule has 0 atom stereocenters. The molecular formula is C12H13ClO2. The maximum atomic E-state index is 11.2. The van der Waals surface area contributed by atoms with E-state index in [1.807, 2.05) is 25.1 Å². The summed E-state index contributed by atoms with van der Waals surface area (Å²) < 4.78 is 5.35. The molecule has 1 saturated carbocycles. The van der Waals surface area contributed by atoms with Crippen LogP contribution in [-0.4, -0.2) is 11.8 Å². The van der Waals surface area contributed by atoms with Crippen molar-refractivity contribution in [1.29, 1.82) is 0 Å². The van der Waals surface area contributed by atoms with Crippen LogP contribution >= 0.6 is 11.6 Å². The first-order valence-corrected chi connectivity index (χ1v) is 5.56. The lowest BCUT2D eigenvalue weighted by molar-refractivity contribution is 0.107. The SMILES string of the molecule is CCOc1ccc(C2CC2)cc1C(=O)Cl. The molecule has 0 heterocycles. The Morgan fingerprint density at radius 3 is 2.80 bits per heavy atom. The molecule has 0 N–H and O–H groups in total. The van der Waals surface area contributed by atoms with E-state index in [-0.39, 0.29) is 0 Å². The molecule has 0 unspecified atom stereocenters. The molecule has 1 aromatic rings. The Bertz CT molecular complexity index is 383. The normalized spacial score (nSPS) is 15.1. The molecule has 3 heteroatoms. The quantitative estimate of drug-likeness (QED) is 0.734. The Morgan fingerprint density at radius 1 is 1.53 bits per heavy atom. The summed E-state index contributed by atoms with van der Waals surface area (Å²) in [6, 6.07) is 5.72. The van der Waals surface area contributed by atoms with Gasteiger partial charge in [-0.3, -0.25) is 4.79 Å². The molecule has 0 bridgehead atoms. The van der Waals surface area contributed by atoms with Gasteiger partial charge in [0.05, 0.1) is 12.2 Å². The minimum Gasteiger partial charge on any atom is -0.493 e. The minimum absolute atomic E-state index is 0.444. The molecule has 1 aromatic carbocycles. The molecule has 1 aliphatic rings. The van der Waals surface area contributed by atoms with Crippen LogP contribution in [0.2, 0.25) is 0 Å². The molecule has 0 saturated heterocycles. The van der Waals surface area contributed by atoms with Crippen LogP contribution in [0.5, 0.6) is 5.75 Å². The predicted octanol–water partition coefficient (Wildman–Crippen LogP) is 3.34. The monoisotopic (exact) mass is 224 g/mol. The average Bonchev–Trinajstić information content (AvgIpc) is 3.02. The van der Waals surface area contributed by atoms with Crippen LogP contribution < -0.4 is 4.74 Å². The van der Waals surface area contributed by atoms with Gasteiger partial charge < -0.3 is 4.74 Å². The van der Waals surface area contributed by atoms with Crippen molar-refractivity contribution in [3.8, 4) is 5.75 Å². The van der Waals surface area contributed by atoms with Crippen molar-refractivity contribution < 1.29 is 9.53 Å². The van der Waals surface area contributed by atoms with E-state index < -0.39 is 5.24 Å². The fraction of sp³-hybridized carbons (Fsp3) is 0.417. The number of benzene rings is 1. The second kappa shape index (κ2) is 4.23. The summed E-state index contributed by atoms with van der Waals surface area (Å²) in [6.45, 7) is 2.43. The largest absolute Gasteiger partial charge is 0.493 e. The highest BCUT2D eigenvalue weighted by Gasteiger charge is 2.25. The van der Waals surface area contributed by atoms with Crippen LogP contribution in [0.1, 0.15) is 41.6 Å². The average molecular weight is 225 g/mol. The van der Waals surface area contributed by atoms with Crippen molar-refractivity contribution in [2.45, 2.75) is 25.7 Å². The molecule has 2 rings (SSSR count). The van der Waals surface area contributed by atoms with Crippen LogP contribution in [0.15, 0.2) is 18.2 Å². The number of hydrogen-bond acceptors (Lipinski definition) is 2. The van der Waals surface area contributed by atoms with E-state index in [4.69, 9.17) is 16.3 Å². The third-order valence-corrected chi connectivity index (χ3v) is 2.77. The zero-order valence-electron chi connectivity index (χ0n) is 8.63. The van der Waals surface area contributed by atoms with E-state index in [9.17, 15) is 4.79 Å². The number of hydrogen-bond donors (Lipinski definition) is 0. The topological polar surface area (TPSA) is 26.3 Å². The molecule has 0 amide bonds. The fourth-order valence-electron chi connectivity index (χ4n) is 1.65. The van der Waals surface area contributed by atoms with Crippen LogP contribution in [0.4, 0.5) is 0 Å². The van der Waals surface area contributed by atoms with Gasteiger partial charge in [-0.25, -0.2) is 0 Å². The molecule has 80 valence electrons. The molecule has 15 heavy (non-hydrogen) atoms. The number of rotatable bonds is 4. The fourth-order valence-corrected chi connectivity index (χ4v) is 1.80. The highest BCUT2D eigenvalue weighted by molar-refractivity contribution is 6.68. The lowest BCUT2D eigenvalue weighted by Gasteiger charge is -2.08. The van der Waals surface area contributed by atoms with E-state index >= 15 is 0 Å². The summed E-state index contributed by atoms with van der Waals surface area (Å²) in [7, 11) is 0. The highest BCUT2D eigenvalue weighted by atomic mass is 35.5. The Hall–Kier alpha value is -1.02. The first-order valence-electron chi connectivity index (χ1n) is 5.19. The molecule has 0 aliphatic heterocycles. The molecule has 0 aromatic heterocycles. The smallest absolute Gasteiger partial charge is 0.256 e. The van der Waals surface area contributed by atoms with Crippen molar-refractivity contribution in [2.75, 3.05) is 6.61 Å². The van der Waals surface area contributed by atoms with Gasteiger partial charge in [-0.1, -0.05) is 6.07 Å². The maximum Gasteiger partial charge on any atom is 0.256 e. The summed E-state index contributed by atoms with van der Waals surface area (Å²) in [5.41, 5.74) is 1.69. The number of ether oxygens (including phenoxy) is 1. The summed E-state index contributed by atoms with van der Waals surface area (Å²) in [6.07, 6.45) is 2.42. The van der Waals surface area contributed by atoms with Crippen molar-refractivity contribution in [3.05, 3.63) is 29.3 Å². The Labute approximate surface area is 94.2 Å². The second-order valence-electron chi connectivity index (χ2n) is 3.74. The zero-order chi connectivity index (χ0) is 10.8. The van der Waals surface area contributed by atoms with E-state index in [1.165, 1.54) is 18.4 Å². The minimum atomic E-state index is -0.444. The van der Waals surface area contributed by atoms with Gasteiger partial charge in [0.1, 0.15) is 5.75 Å². The van der Waals surface area contributed by atoms with Crippen molar-refractivity contribution in [1.82, 2.24) is 0 Å². The van der Waals surface area contributed by atoms with Gasteiger partial charge in [0.2, 0.25) is 0 Å². The number of carbonyl (C=O) groups excluding carboxylic acids is 1. The standard InChI is InChI=1S/C12H13ClO2/c1-2-15-11-6-5-9(8-3-4-8)7-10(11)12(13)14/h5-8H,2-4H2,1H3. The van der Waals surface area contributed by atoms with Crippen molar-refractivity contribution in [3.63, 3.8) is 0 Å². The van der Waals surface area contributed by atoms with Gasteiger partial charge in [0.25, 0.3) is 5.24 Å². The van der Waals surface area contributed by atoms with Gasteiger partial charge >= 0.3 is 0 Å². The van der Waals surface area contributed by atoms with E-state index in [0.717, 1.165) is 0 Å². The molecule has 1 fully saturated rings. The molecule has 1 aliphatic carbocycles. The van der Waals surface area contributed by atoms with Crippen molar-refractivity contribution in [2.24, 2.45) is 0 Å². The lowest BCUT2D eigenvalue weighted by Crippen LogP contribution is -2.00. The molecule has 2 nitrogen and oxygen atoms in total. The predicted molar refractivity (Wildman–Crippen MR) is 59.8 cm³/mol. The molecule has 0 spiro atoms. The van der Waals surface area contributed by atoms with Gasteiger partial charge in [-0.2, -0.15) is 0 Å².